The van der Waals surface area contributed by atoms with Crippen LogP contribution in [0.25, 0.3) is 0 Å². The average molecular weight is 386 g/mol. The Morgan fingerprint density at radius 2 is 2.04 bits per heavy atom. The lowest BCUT2D eigenvalue weighted by Gasteiger charge is -2.30. The van der Waals surface area contributed by atoms with E-state index in [1.54, 1.807) is 18.2 Å². The summed E-state index contributed by atoms with van der Waals surface area (Å²) < 4.78 is 44.0. The number of amides is 2. The molecule has 0 unspecified atom stereocenters. The Labute approximate surface area is 152 Å². The van der Waals surface area contributed by atoms with Crippen LogP contribution in [0.15, 0.2) is 36.4 Å². The molecule has 0 aromatic heterocycles. The highest BCUT2D eigenvalue weighted by Crippen LogP contribution is 2.37. The second kappa shape index (κ2) is 6.95. The maximum Gasteiger partial charge on any atom is 0.417 e. The maximum absolute atomic E-state index is 13.0. The van der Waals surface area contributed by atoms with Crippen molar-refractivity contribution < 1.29 is 22.7 Å². The predicted molar refractivity (Wildman–Crippen MR) is 94.3 cm³/mol. The fourth-order valence-corrected chi connectivity index (χ4v) is 2.89. The minimum absolute atomic E-state index is 0.0142. The van der Waals surface area contributed by atoms with Gasteiger partial charge in [-0.15, -0.1) is 0 Å². The van der Waals surface area contributed by atoms with Crippen molar-refractivity contribution in [3.05, 3.63) is 47.0 Å². The molecular formula is C17H15ClF3N3O2. The van der Waals surface area contributed by atoms with Crippen LogP contribution in [0.4, 0.5) is 35.0 Å². The number of rotatable bonds is 2. The summed E-state index contributed by atoms with van der Waals surface area (Å²) in [6.07, 6.45) is -4.60. The zero-order valence-corrected chi connectivity index (χ0v) is 14.4. The van der Waals surface area contributed by atoms with Gasteiger partial charge < -0.3 is 15.4 Å². The second-order valence-corrected chi connectivity index (χ2v) is 5.99. The van der Waals surface area contributed by atoms with Gasteiger partial charge >= 0.3 is 12.2 Å². The average Bonchev–Trinajstić information content (AvgIpc) is 2.61. The van der Waals surface area contributed by atoms with E-state index in [1.165, 1.54) is 18.1 Å². The van der Waals surface area contributed by atoms with E-state index in [9.17, 15) is 18.0 Å². The number of benzene rings is 2. The van der Waals surface area contributed by atoms with Crippen molar-refractivity contribution in [1.82, 2.24) is 0 Å². The lowest BCUT2D eigenvalue weighted by Crippen LogP contribution is -2.41. The maximum atomic E-state index is 13.0. The molecule has 1 heterocycles. The number of ether oxygens (including phenoxy) is 1. The van der Waals surface area contributed by atoms with Crippen molar-refractivity contribution >= 4 is 34.7 Å². The van der Waals surface area contributed by atoms with Gasteiger partial charge in [0.2, 0.25) is 0 Å². The van der Waals surface area contributed by atoms with Crippen molar-refractivity contribution in [1.29, 1.82) is 0 Å². The number of urea groups is 1. The summed E-state index contributed by atoms with van der Waals surface area (Å²) in [5, 5.41) is 5.22. The van der Waals surface area contributed by atoms with E-state index < -0.39 is 22.8 Å². The first kappa shape index (κ1) is 18.2. The highest BCUT2D eigenvalue weighted by atomic mass is 35.5. The lowest BCUT2D eigenvalue weighted by molar-refractivity contribution is -0.137. The summed E-state index contributed by atoms with van der Waals surface area (Å²) in [6, 6.07) is 7.88. The number of anilines is 3. The Kier molecular flexibility index (Phi) is 4.86. The van der Waals surface area contributed by atoms with Crippen LogP contribution in [0.3, 0.4) is 0 Å². The van der Waals surface area contributed by atoms with Gasteiger partial charge in [0.15, 0.2) is 0 Å². The fraction of sp³-hybridized carbons (Fsp3) is 0.235. The highest BCUT2D eigenvalue weighted by Gasteiger charge is 2.33. The number of carbonyl (C=O) groups excluding carboxylic acids is 1. The summed E-state index contributed by atoms with van der Waals surface area (Å²) >= 11 is 5.60. The molecule has 2 aromatic carbocycles. The van der Waals surface area contributed by atoms with E-state index in [0.29, 0.717) is 30.2 Å². The van der Waals surface area contributed by atoms with Crippen molar-refractivity contribution in [3.63, 3.8) is 0 Å². The van der Waals surface area contributed by atoms with E-state index in [0.717, 1.165) is 12.1 Å². The van der Waals surface area contributed by atoms with Crippen LogP contribution >= 0.6 is 11.6 Å². The van der Waals surface area contributed by atoms with E-state index in [4.69, 9.17) is 16.3 Å². The van der Waals surface area contributed by atoms with Gasteiger partial charge in [-0.05, 0) is 30.3 Å². The smallest absolute Gasteiger partial charge is 0.417 e. The zero-order chi connectivity index (χ0) is 18.9. The number of hydrogen-bond donors (Lipinski definition) is 2. The Morgan fingerprint density at radius 1 is 1.27 bits per heavy atom. The number of halogens is 4. The molecule has 3 rings (SSSR count). The first-order valence-electron chi connectivity index (χ1n) is 7.67. The Bertz CT molecular complexity index is 842. The molecule has 5 nitrogen and oxygen atoms in total. The van der Waals surface area contributed by atoms with E-state index in [2.05, 4.69) is 10.6 Å². The molecule has 0 saturated heterocycles. The summed E-state index contributed by atoms with van der Waals surface area (Å²) in [5.41, 5.74) is 0.333. The third kappa shape index (κ3) is 3.65. The zero-order valence-electron chi connectivity index (χ0n) is 13.7. The molecular weight excluding hydrogens is 371 g/mol. The molecule has 2 N–H and O–H groups in total. The largest absolute Gasteiger partial charge is 0.497 e. The number of hydrogen-bond acceptors (Lipinski definition) is 3. The number of alkyl halides is 3. The molecule has 2 aromatic rings. The first-order valence-corrected chi connectivity index (χ1v) is 8.04. The molecule has 0 fully saturated rings. The van der Waals surface area contributed by atoms with Crippen LogP contribution in [0.2, 0.25) is 5.02 Å². The van der Waals surface area contributed by atoms with Gasteiger partial charge in [-0.25, -0.2) is 4.79 Å². The van der Waals surface area contributed by atoms with E-state index in [-0.39, 0.29) is 5.69 Å². The summed E-state index contributed by atoms with van der Waals surface area (Å²) in [7, 11) is 1.54. The van der Waals surface area contributed by atoms with Gasteiger partial charge in [-0.2, -0.15) is 13.2 Å². The Balaban J connectivity index is 1.84. The normalized spacial score (nSPS) is 13.7. The molecule has 1 aliphatic heterocycles. The summed E-state index contributed by atoms with van der Waals surface area (Å²) in [6.45, 7) is 0.868. The number of nitrogens with one attached hydrogen (secondary N) is 2. The molecule has 0 saturated carbocycles. The lowest BCUT2D eigenvalue weighted by atomic mass is 10.2. The third-order valence-corrected chi connectivity index (χ3v) is 4.24. The molecule has 26 heavy (non-hydrogen) atoms. The van der Waals surface area contributed by atoms with Gasteiger partial charge in [0.1, 0.15) is 5.75 Å². The van der Waals surface area contributed by atoms with Gasteiger partial charge in [-0.3, -0.25) is 4.90 Å². The molecule has 0 radical (unpaired) electrons. The third-order valence-electron chi connectivity index (χ3n) is 3.91. The van der Waals surface area contributed by atoms with Gasteiger partial charge in [0.05, 0.1) is 29.1 Å². The van der Waals surface area contributed by atoms with Crippen molar-refractivity contribution in [2.75, 3.05) is 35.7 Å². The molecule has 138 valence electrons. The van der Waals surface area contributed by atoms with Crippen molar-refractivity contribution in [2.45, 2.75) is 6.18 Å². The van der Waals surface area contributed by atoms with Gasteiger partial charge in [0, 0.05) is 24.8 Å². The minimum atomic E-state index is -4.60. The van der Waals surface area contributed by atoms with Crippen LogP contribution in [0.5, 0.6) is 5.75 Å². The first-order chi connectivity index (χ1) is 12.3. The van der Waals surface area contributed by atoms with Crippen LogP contribution in [-0.4, -0.2) is 26.2 Å². The van der Waals surface area contributed by atoms with Gasteiger partial charge in [-0.1, -0.05) is 11.6 Å². The van der Waals surface area contributed by atoms with Crippen LogP contribution in [-0.2, 0) is 6.18 Å². The van der Waals surface area contributed by atoms with E-state index >= 15 is 0 Å². The van der Waals surface area contributed by atoms with Crippen LogP contribution in [0.1, 0.15) is 5.56 Å². The molecule has 0 atom stereocenters. The number of fused-ring (bicyclic) bond motifs is 1. The fourth-order valence-electron chi connectivity index (χ4n) is 2.66. The summed E-state index contributed by atoms with van der Waals surface area (Å²) in [5.74, 6) is 0.631. The molecule has 9 heteroatoms. The monoisotopic (exact) mass is 385 g/mol. The van der Waals surface area contributed by atoms with Crippen molar-refractivity contribution in [2.24, 2.45) is 0 Å². The molecule has 2 amide bonds. The summed E-state index contributed by atoms with van der Waals surface area (Å²) in [4.78, 5) is 14.0. The standard InChI is InChI=1S/C17H15ClF3N3O2/c1-26-11-3-5-15-14(9-11)22-6-7-24(15)16(25)23-10-2-4-13(18)12(8-10)17(19,20)21/h2-5,8-9,22H,6-7H2,1H3,(H,23,25). The minimum Gasteiger partial charge on any atom is -0.497 e. The van der Waals surface area contributed by atoms with Crippen LogP contribution < -0.4 is 20.3 Å². The number of methoxy groups -OCH3 is 1. The van der Waals surface area contributed by atoms with Crippen molar-refractivity contribution in [3.8, 4) is 5.75 Å². The molecule has 0 aliphatic carbocycles. The highest BCUT2D eigenvalue weighted by molar-refractivity contribution is 6.31. The predicted octanol–water partition coefficient (Wildman–Crippen LogP) is 4.83. The Hall–Kier alpha value is -2.61. The van der Waals surface area contributed by atoms with Crippen LogP contribution in [0, 0.1) is 0 Å². The SMILES string of the molecule is COc1ccc2c(c1)NCCN2C(=O)Nc1ccc(Cl)c(C(F)(F)F)c1. The molecule has 0 spiro atoms. The topological polar surface area (TPSA) is 53.6 Å². The van der Waals surface area contributed by atoms with E-state index in [1.807, 2.05) is 0 Å². The Morgan fingerprint density at radius 3 is 2.73 bits per heavy atom. The number of nitrogens with zero attached hydrogens (tertiary/aromatic N) is 1. The molecule has 1 aliphatic rings. The number of carbonyl (C=O) groups is 1. The molecule has 0 bridgehead atoms. The van der Waals surface area contributed by atoms with Gasteiger partial charge in [0.25, 0.3) is 0 Å². The second-order valence-electron chi connectivity index (χ2n) is 5.58. The quantitative estimate of drug-likeness (QED) is 0.778.